The van der Waals surface area contributed by atoms with E-state index in [1.165, 1.54) is 0 Å². The van der Waals surface area contributed by atoms with Crippen molar-refractivity contribution in [3.63, 3.8) is 0 Å². The number of carbonyl (C=O) groups is 1. The van der Waals surface area contributed by atoms with E-state index in [9.17, 15) is 13.2 Å². The number of nitrogens with zero attached hydrogens (tertiary/aromatic N) is 2. The van der Waals surface area contributed by atoms with Crippen molar-refractivity contribution >= 4 is 21.6 Å². The fourth-order valence-electron chi connectivity index (χ4n) is 4.20. The number of anilines is 1. The zero-order valence-corrected chi connectivity index (χ0v) is 18.3. The zero-order valence-electron chi connectivity index (χ0n) is 17.5. The van der Waals surface area contributed by atoms with E-state index in [1.54, 1.807) is 34.3 Å². The Labute approximate surface area is 178 Å². The molecule has 1 atom stereocenters. The molecular weight excluding hydrogens is 400 g/mol. The van der Waals surface area contributed by atoms with Crippen molar-refractivity contribution in [1.82, 2.24) is 4.31 Å². The Morgan fingerprint density at radius 1 is 1.03 bits per heavy atom. The van der Waals surface area contributed by atoms with Gasteiger partial charge in [0.1, 0.15) is 5.75 Å². The Morgan fingerprint density at radius 2 is 1.80 bits per heavy atom. The Kier molecular flexibility index (Phi) is 5.84. The Hall–Kier alpha value is -2.38. The lowest BCUT2D eigenvalue weighted by Crippen LogP contribution is -2.43. The van der Waals surface area contributed by atoms with Crippen LogP contribution < -0.4 is 9.64 Å². The molecule has 0 aromatic heterocycles. The Balaban J connectivity index is 1.55. The van der Waals surface area contributed by atoms with Crippen LogP contribution in [0.1, 0.15) is 37.3 Å². The van der Waals surface area contributed by atoms with Gasteiger partial charge in [-0.15, -0.1) is 0 Å². The van der Waals surface area contributed by atoms with Crippen LogP contribution in [0.25, 0.3) is 0 Å². The quantitative estimate of drug-likeness (QED) is 0.731. The summed E-state index contributed by atoms with van der Waals surface area (Å²) in [6.07, 6.45) is 2.74. The standard InChI is InChI=1S/C23H28N2O4S/c1-17-7-5-9-20(15-17)29-18(2)23(26)25-14-6-8-19-16-21(10-11-22(19)25)30(27,28)24-12-3-4-13-24/h5,7,9-11,15-16,18H,3-4,6,8,12-14H2,1-2H3. The van der Waals surface area contributed by atoms with Gasteiger partial charge in [0.2, 0.25) is 10.0 Å². The Bertz CT molecular complexity index is 1040. The first kappa shape index (κ1) is 20.9. The van der Waals surface area contributed by atoms with Gasteiger partial charge in [-0.05, 0) is 81.0 Å². The molecule has 160 valence electrons. The van der Waals surface area contributed by atoms with Crippen molar-refractivity contribution in [1.29, 1.82) is 0 Å². The fourth-order valence-corrected chi connectivity index (χ4v) is 5.77. The fraction of sp³-hybridized carbons (Fsp3) is 0.435. The smallest absolute Gasteiger partial charge is 0.267 e. The molecule has 1 fully saturated rings. The van der Waals surface area contributed by atoms with Crippen molar-refractivity contribution in [3.8, 4) is 5.75 Å². The molecule has 2 aliphatic rings. The first-order valence-electron chi connectivity index (χ1n) is 10.5. The summed E-state index contributed by atoms with van der Waals surface area (Å²) in [6, 6.07) is 12.8. The molecule has 0 aliphatic carbocycles. The van der Waals surface area contributed by atoms with E-state index in [1.807, 2.05) is 31.2 Å². The minimum atomic E-state index is -3.47. The first-order chi connectivity index (χ1) is 14.4. The number of amides is 1. The number of hydrogen-bond donors (Lipinski definition) is 0. The second-order valence-corrected chi connectivity index (χ2v) is 10.0. The van der Waals surface area contributed by atoms with E-state index in [4.69, 9.17) is 4.74 Å². The summed E-state index contributed by atoms with van der Waals surface area (Å²) in [5.74, 6) is 0.549. The second-order valence-electron chi connectivity index (χ2n) is 8.07. The number of fused-ring (bicyclic) bond motifs is 1. The van der Waals surface area contributed by atoms with E-state index in [-0.39, 0.29) is 5.91 Å². The monoisotopic (exact) mass is 428 g/mol. The van der Waals surface area contributed by atoms with Gasteiger partial charge >= 0.3 is 0 Å². The third kappa shape index (κ3) is 4.09. The van der Waals surface area contributed by atoms with Crippen molar-refractivity contribution in [2.45, 2.75) is 50.5 Å². The molecule has 1 amide bonds. The molecule has 30 heavy (non-hydrogen) atoms. The molecule has 2 aliphatic heterocycles. The maximum atomic E-state index is 13.1. The van der Waals surface area contributed by atoms with Gasteiger partial charge in [-0.25, -0.2) is 8.42 Å². The number of hydrogen-bond acceptors (Lipinski definition) is 4. The number of aryl methyl sites for hydroxylation is 2. The topological polar surface area (TPSA) is 66.9 Å². The number of sulfonamides is 1. The molecule has 0 radical (unpaired) electrons. The summed E-state index contributed by atoms with van der Waals surface area (Å²) in [7, 11) is -3.47. The number of rotatable bonds is 5. The number of carbonyl (C=O) groups excluding carboxylic acids is 1. The van der Waals surface area contributed by atoms with Crippen molar-refractivity contribution in [3.05, 3.63) is 53.6 Å². The highest BCUT2D eigenvalue weighted by Crippen LogP contribution is 2.32. The molecule has 0 bridgehead atoms. The first-order valence-corrected chi connectivity index (χ1v) is 12.0. The van der Waals surface area contributed by atoms with Gasteiger partial charge in [-0.3, -0.25) is 4.79 Å². The third-order valence-corrected chi connectivity index (χ3v) is 7.68. The maximum Gasteiger partial charge on any atom is 0.267 e. The van der Waals surface area contributed by atoms with Crippen molar-refractivity contribution in [2.75, 3.05) is 24.5 Å². The summed E-state index contributed by atoms with van der Waals surface area (Å²) in [6.45, 7) is 5.50. The molecule has 6 nitrogen and oxygen atoms in total. The molecule has 2 heterocycles. The minimum Gasteiger partial charge on any atom is -0.481 e. The van der Waals surface area contributed by atoms with Crippen LogP contribution >= 0.6 is 0 Å². The lowest BCUT2D eigenvalue weighted by atomic mass is 10.0. The Morgan fingerprint density at radius 3 is 2.53 bits per heavy atom. The van der Waals surface area contributed by atoms with E-state index in [0.717, 1.165) is 42.5 Å². The molecule has 1 saturated heterocycles. The van der Waals surface area contributed by atoms with Crippen molar-refractivity contribution < 1.29 is 17.9 Å². The number of benzene rings is 2. The van der Waals surface area contributed by atoms with Crippen LogP contribution in [-0.4, -0.2) is 44.4 Å². The summed E-state index contributed by atoms with van der Waals surface area (Å²) in [5.41, 5.74) is 2.76. The predicted octanol–water partition coefficient (Wildman–Crippen LogP) is 3.53. The van der Waals surface area contributed by atoms with Crippen LogP contribution in [0.5, 0.6) is 5.75 Å². The zero-order chi connectivity index (χ0) is 21.3. The van der Waals surface area contributed by atoms with Crippen LogP contribution in [0.2, 0.25) is 0 Å². The highest BCUT2D eigenvalue weighted by molar-refractivity contribution is 7.89. The predicted molar refractivity (Wildman–Crippen MR) is 116 cm³/mol. The molecule has 7 heteroatoms. The minimum absolute atomic E-state index is 0.118. The molecule has 0 N–H and O–H groups in total. The average molecular weight is 429 g/mol. The van der Waals surface area contributed by atoms with Crippen LogP contribution in [0.4, 0.5) is 5.69 Å². The molecule has 4 rings (SSSR count). The number of ether oxygens (including phenoxy) is 1. The summed E-state index contributed by atoms with van der Waals surface area (Å²) in [4.78, 5) is 15.2. The van der Waals surface area contributed by atoms with Gasteiger partial charge in [-0.2, -0.15) is 4.31 Å². The van der Waals surface area contributed by atoms with Gasteiger partial charge in [0.05, 0.1) is 4.90 Å². The molecular formula is C23H28N2O4S. The second kappa shape index (κ2) is 8.40. The van der Waals surface area contributed by atoms with Gasteiger partial charge in [0.25, 0.3) is 5.91 Å². The van der Waals surface area contributed by atoms with Gasteiger partial charge in [-0.1, -0.05) is 12.1 Å². The van der Waals surface area contributed by atoms with Gasteiger partial charge in [0, 0.05) is 25.3 Å². The van der Waals surface area contributed by atoms with Gasteiger partial charge < -0.3 is 9.64 Å². The lowest BCUT2D eigenvalue weighted by Gasteiger charge is -2.32. The van der Waals surface area contributed by atoms with Gasteiger partial charge in [0.15, 0.2) is 6.10 Å². The van der Waals surface area contributed by atoms with Crippen LogP contribution in [0.15, 0.2) is 47.4 Å². The summed E-state index contributed by atoms with van der Waals surface area (Å²) in [5, 5.41) is 0. The largest absolute Gasteiger partial charge is 0.481 e. The highest BCUT2D eigenvalue weighted by atomic mass is 32.2. The van der Waals surface area contributed by atoms with E-state index in [2.05, 4.69) is 0 Å². The van der Waals surface area contributed by atoms with Crippen molar-refractivity contribution in [2.24, 2.45) is 0 Å². The molecule has 2 aromatic carbocycles. The molecule has 2 aromatic rings. The highest BCUT2D eigenvalue weighted by Gasteiger charge is 2.31. The molecule has 0 spiro atoms. The lowest BCUT2D eigenvalue weighted by molar-refractivity contribution is -0.124. The van der Waals surface area contributed by atoms with Crippen LogP contribution in [0, 0.1) is 6.92 Å². The molecule has 1 unspecified atom stereocenters. The average Bonchev–Trinajstić information content (AvgIpc) is 3.28. The SMILES string of the molecule is Cc1cccc(OC(C)C(=O)N2CCCc3cc(S(=O)(=O)N4CCCC4)ccc32)c1. The van der Waals surface area contributed by atoms with Crippen LogP contribution in [0.3, 0.4) is 0 Å². The van der Waals surface area contributed by atoms with E-state index >= 15 is 0 Å². The third-order valence-electron chi connectivity index (χ3n) is 5.79. The van der Waals surface area contributed by atoms with Crippen LogP contribution in [-0.2, 0) is 21.2 Å². The van der Waals surface area contributed by atoms with E-state index < -0.39 is 16.1 Å². The maximum absolute atomic E-state index is 13.1. The molecule has 0 saturated carbocycles. The summed E-state index contributed by atoms with van der Waals surface area (Å²) >= 11 is 0. The normalized spacial score (nSPS) is 18.1. The van der Waals surface area contributed by atoms with E-state index in [0.29, 0.717) is 30.3 Å². The summed E-state index contributed by atoms with van der Waals surface area (Å²) < 4.78 is 33.2.